The first-order valence-corrected chi connectivity index (χ1v) is 11.1. The van der Waals surface area contributed by atoms with Crippen molar-refractivity contribution >= 4 is 13.6 Å². The van der Waals surface area contributed by atoms with E-state index in [0.717, 1.165) is 5.56 Å². The molecular formula is C21H19FN4O6P+. The number of hydrogen-bond acceptors (Lipinski definition) is 7. The van der Waals surface area contributed by atoms with Gasteiger partial charge in [-0.3, -0.25) is 5.73 Å². The molecule has 0 saturated heterocycles. The minimum Gasteiger partial charge on any atom is -0.439 e. The molecule has 0 aliphatic heterocycles. The summed E-state index contributed by atoms with van der Waals surface area (Å²) < 4.78 is 40.7. The third-order valence-corrected chi connectivity index (χ3v) is 4.97. The Hall–Kier alpha value is -3.63. The van der Waals surface area contributed by atoms with E-state index in [1.54, 1.807) is 30.5 Å². The number of anilines is 1. The molecule has 0 saturated carbocycles. The minimum absolute atomic E-state index is 0.192. The van der Waals surface area contributed by atoms with E-state index in [1.165, 1.54) is 35.0 Å². The van der Waals surface area contributed by atoms with Crippen LogP contribution < -0.4 is 15.0 Å². The number of pyridine rings is 2. The molecule has 3 heterocycles. The van der Waals surface area contributed by atoms with Crippen molar-refractivity contribution in [3.8, 4) is 23.0 Å². The summed E-state index contributed by atoms with van der Waals surface area (Å²) in [4.78, 5) is 22.0. The van der Waals surface area contributed by atoms with E-state index in [9.17, 15) is 8.96 Å². The Labute approximate surface area is 187 Å². The molecule has 0 atom stereocenters. The summed E-state index contributed by atoms with van der Waals surface area (Å²) in [6.45, 7) is -0.428. The van der Waals surface area contributed by atoms with E-state index in [4.69, 9.17) is 24.8 Å². The molecule has 0 amide bonds. The fourth-order valence-electron chi connectivity index (χ4n) is 2.95. The molecule has 33 heavy (non-hydrogen) atoms. The first-order valence-electron chi connectivity index (χ1n) is 9.59. The second-order valence-corrected chi connectivity index (χ2v) is 8.18. The van der Waals surface area contributed by atoms with Crippen LogP contribution in [0.25, 0.3) is 11.3 Å². The monoisotopic (exact) mass is 473 g/mol. The molecule has 0 aliphatic rings. The van der Waals surface area contributed by atoms with E-state index in [1.807, 2.05) is 6.07 Å². The van der Waals surface area contributed by atoms with Gasteiger partial charge in [0.05, 0.1) is 11.9 Å². The first-order chi connectivity index (χ1) is 15.8. The number of aromatic nitrogens is 3. The fraction of sp³-hybridized carbons (Fsp3) is 0.0952. The zero-order valence-electron chi connectivity index (χ0n) is 17.0. The lowest BCUT2D eigenvalue weighted by atomic mass is 10.1. The summed E-state index contributed by atoms with van der Waals surface area (Å²) in [6.07, 6.45) is 3.59. The lowest BCUT2D eigenvalue weighted by Crippen LogP contribution is -2.38. The van der Waals surface area contributed by atoms with Gasteiger partial charge in [-0.1, -0.05) is 11.2 Å². The number of nitrogen functional groups attached to an aromatic ring is 1. The molecule has 10 nitrogen and oxygen atoms in total. The summed E-state index contributed by atoms with van der Waals surface area (Å²) in [7, 11) is -4.64. The number of halogens is 1. The van der Waals surface area contributed by atoms with Crippen molar-refractivity contribution in [3.63, 3.8) is 0 Å². The van der Waals surface area contributed by atoms with Crippen LogP contribution in [0, 0.1) is 5.82 Å². The molecule has 0 radical (unpaired) electrons. The van der Waals surface area contributed by atoms with Gasteiger partial charge in [-0.2, -0.15) is 0 Å². The van der Waals surface area contributed by atoms with Gasteiger partial charge in [0, 0.05) is 24.8 Å². The van der Waals surface area contributed by atoms with Gasteiger partial charge >= 0.3 is 7.82 Å². The van der Waals surface area contributed by atoms with Gasteiger partial charge in [0.2, 0.25) is 12.6 Å². The van der Waals surface area contributed by atoms with Crippen molar-refractivity contribution in [1.29, 1.82) is 0 Å². The second-order valence-electron chi connectivity index (χ2n) is 6.95. The van der Waals surface area contributed by atoms with Gasteiger partial charge in [-0.25, -0.2) is 23.0 Å². The van der Waals surface area contributed by atoms with E-state index < -0.39 is 14.6 Å². The van der Waals surface area contributed by atoms with Crippen molar-refractivity contribution in [3.05, 3.63) is 84.1 Å². The average Bonchev–Trinajstić information content (AvgIpc) is 3.23. The highest BCUT2D eigenvalue weighted by Gasteiger charge is 2.20. The highest BCUT2D eigenvalue weighted by molar-refractivity contribution is 7.46. The third-order valence-electron chi connectivity index (χ3n) is 4.52. The summed E-state index contributed by atoms with van der Waals surface area (Å²) in [5, 5.41) is 4.05. The number of nitrogens with two attached hydrogens (primary N) is 1. The van der Waals surface area contributed by atoms with Crippen LogP contribution in [0.5, 0.6) is 11.6 Å². The SMILES string of the molecule is Nc1c(-c2cc(Cc3ccc(Oc4ccc(F)cc4)nc3)no2)ccc[n+]1COP(=O)(O)O. The molecule has 4 aromatic rings. The Kier molecular flexibility index (Phi) is 6.47. The molecule has 4 rings (SSSR count). The van der Waals surface area contributed by atoms with E-state index in [-0.39, 0.29) is 11.6 Å². The summed E-state index contributed by atoms with van der Waals surface area (Å²) >= 11 is 0. The van der Waals surface area contributed by atoms with Gasteiger partial charge in [-0.05, 0) is 42.0 Å². The maximum Gasteiger partial charge on any atom is 0.472 e. The zero-order valence-corrected chi connectivity index (χ0v) is 17.9. The van der Waals surface area contributed by atoms with Crippen LogP contribution in [0.15, 0.2) is 71.5 Å². The standard InChI is InChI=1S/C21H18FN4O6P/c22-15-4-6-17(7-5-15)31-20-8-3-14(12-24-20)10-16-11-19(32-25-16)18-2-1-9-26(21(18)23)13-30-33(27,28)29/h1-9,11-12,23H,10,13H2,(H2,27,28,29)/p+1. The number of hydrogen-bond donors (Lipinski definition) is 3. The summed E-state index contributed by atoms with van der Waals surface area (Å²) in [5.41, 5.74) is 8.06. The number of nitrogens with zero attached hydrogens (tertiary/aromatic N) is 3. The molecule has 0 spiro atoms. The Morgan fingerprint density at radius 3 is 2.64 bits per heavy atom. The molecule has 12 heteroatoms. The van der Waals surface area contributed by atoms with Gasteiger partial charge in [0.1, 0.15) is 17.1 Å². The largest absolute Gasteiger partial charge is 0.472 e. The number of phosphoric ester groups is 1. The predicted molar refractivity (Wildman–Crippen MR) is 113 cm³/mol. The number of rotatable bonds is 8. The highest BCUT2D eigenvalue weighted by Crippen LogP contribution is 2.35. The number of benzene rings is 1. The quantitative estimate of drug-likeness (QED) is 0.259. The summed E-state index contributed by atoms with van der Waals surface area (Å²) in [6, 6.07) is 14.2. The van der Waals surface area contributed by atoms with Crippen LogP contribution in [-0.4, -0.2) is 19.9 Å². The maximum atomic E-state index is 13.0. The smallest absolute Gasteiger partial charge is 0.439 e. The molecular weight excluding hydrogens is 454 g/mol. The first kappa shape index (κ1) is 22.6. The van der Waals surface area contributed by atoms with Crippen molar-refractivity contribution in [2.75, 3.05) is 5.73 Å². The van der Waals surface area contributed by atoms with Gasteiger partial charge in [0.15, 0.2) is 5.76 Å². The van der Waals surface area contributed by atoms with E-state index >= 15 is 0 Å². The van der Waals surface area contributed by atoms with Crippen molar-refractivity contribution < 1.29 is 37.1 Å². The van der Waals surface area contributed by atoms with Crippen LogP contribution in [0.4, 0.5) is 10.2 Å². The molecule has 1 aromatic carbocycles. The van der Waals surface area contributed by atoms with Gasteiger partial charge in [-0.15, -0.1) is 0 Å². The molecule has 170 valence electrons. The Bertz CT molecular complexity index is 1290. The summed E-state index contributed by atoms with van der Waals surface area (Å²) in [5.74, 6) is 1.07. The van der Waals surface area contributed by atoms with Gasteiger partial charge < -0.3 is 19.0 Å². The third kappa shape index (κ3) is 5.99. The second kappa shape index (κ2) is 9.47. The predicted octanol–water partition coefficient (Wildman–Crippen LogP) is 3.20. The molecule has 0 unspecified atom stereocenters. The van der Waals surface area contributed by atoms with Crippen LogP contribution in [0.1, 0.15) is 11.3 Å². The van der Waals surface area contributed by atoms with Crippen LogP contribution >= 0.6 is 7.82 Å². The van der Waals surface area contributed by atoms with Crippen LogP contribution in [0.3, 0.4) is 0 Å². The normalized spacial score (nSPS) is 11.5. The van der Waals surface area contributed by atoms with Gasteiger partial charge in [0.25, 0.3) is 5.82 Å². The minimum atomic E-state index is -4.64. The van der Waals surface area contributed by atoms with Crippen LogP contribution in [0.2, 0.25) is 0 Å². The average molecular weight is 473 g/mol. The van der Waals surface area contributed by atoms with Crippen LogP contribution in [-0.2, 0) is 22.2 Å². The highest BCUT2D eigenvalue weighted by atomic mass is 31.2. The van der Waals surface area contributed by atoms with Crippen molar-refractivity contribution in [2.45, 2.75) is 13.2 Å². The van der Waals surface area contributed by atoms with E-state index in [0.29, 0.717) is 35.1 Å². The topological polar surface area (TPSA) is 145 Å². The fourth-order valence-corrected chi connectivity index (χ4v) is 3.23. The molecule has 4 N–H and O–H groups in total. The number of phosphoric acid groups is 1. The van der Waals surface area contributed by atoms with Crippen molar-refractivity contribution in [1.82, 2.24) is 10.1 Å². The molecule has 3 aromatic heterocycles. The van der Waals surface area contributed by atoms with E-state index in [2.05, 4.69) is 14.7 Å². The Morgan fingerprint density at radius 2 is 1.94 bits per heavy atom. The molecule has 0 bridgehead atoms. The lowest BCUT2D eigenvalue weighted by Gasteiger charge is -2.07. The molecule has 0 aliphatic carbocycles. The maximum absolute atomic E-state index is 13.0. The Balaban J connectivity index is 1.44. The molecule has 0 fully saturated rings. The van der Waals surface area contributed by atoms with Crippen molar-refractivity contribution in [2.24, 2.45) is 0 Å². The number of ether oxygens (including phenoxy) is 1. The lowest BCUT2D eigenvalue weighted by molar-refractivity contribution is -0.711. The zero-order chi connectivity index (χ0) is 23.4. The Morgan fingerprint density at radius 1 is 1.15 bits per heavy atom.